The Labute approximate surface area is 101 Å². The van der Waals surface area contributed by atoms with Gasteiger partial charge in [-0.25, -0.2) is 4.79 Å². The number of hydrogen-bond donors (Lipinski definition) is 1. The highest BCUT2D eigenvalue weighted by atomic mass is 16.4. The maximum Gasteiger partial charge on any atom is 0.393 e. The molecule has 0 aliphatic heterocycles. The molecule has 0 saturated carbocycles. The number of para-hydroxylation sites is 1. The van der Waals surface area contributed by atoms with Crippen LogP contribution >= 0.6 is 0 Å². The van der Waals surface area contributed by atoms with Gasteiger partial charge in [0.2, 0.25) is 5.89 Å². The van der Waals surface area contributed by atoms with E-state index in [9.17, 15) is 4.79 Å². The summed E-state index contributed by atoms with van der Waals surface area (Å²) in [6, 6.07) is 9.16. The van der Waals surface area contributed by atoms with Gasteiger partial charge < -0.3 is 9.52 Å². The van der Waals surface area contributed by atoms with Crippen molar-refractivity contribution in [2.24, 2.45) is 0 Å². The van der Waals surface area contributed by atoms with E-state index in [1.165, 1.54) is 0 Å². The Hall–Kier alpha value is -2.76. The predicted octanol–water partition coefficient (Wildman–Crippen LogP) is 1.98. The van der Waals surface area contributed by atoms with Crippen molar-refractivity contribution in [3.63, 3.8) is 0 Å². The van der Waals surface area contributed by atoms with E-state index < -0.39 is 11.9 Å². The van der Waals surface area contributed by atoms with Crippen LogP contribution in [0.1, 0.15) is 10.7 Å². The van der Waals surface area contributed by atoms with Crippen LogP contribution in [0.15, 0.2) is 40.9 Å². The molecule has 0 amide bonds. The standard InChI is InChI=1S/C12H7N3O3/c16-12(17)11-15-14-10(18-11)8-5-6-13-9-4-2-1-3-7(8)9/h1-6H,(H,16,17). The molecule has 1 aromatic carbocycles. The number of rotatable bonds is 2. The van der Waals surface area contributed by atoms with Crippen LogP contribution in [-0.2, 0) is 0 Å². The van der Waals surface area contributed by atoms with Gasteiger partial charge >= 0.3 is 11.9 Å². The van der Waals surface area contributed by atoms with E-state index in [-0.39, 0.29) is 5.89 Å². The number of carbonyl (C=O) groups is 1. The summed E-state index contributed by atoms with van der Waals surface area (Å²) in [5, 5.41) is 16.8. The number of pyridine rings is 1. The third-order valence-electron chi connectivity index (χ3n) is 2.49. The van der Waals surface area contributed by atoms with Gasteiger partial charge in [0.1, 0.15) is 0 Å². The average Bonchev–Trinajstić information content (AvgIpc) is 2.87. The molecular formula is C12H7N3O3. The van der Waals surface area contributed by atoms with Gasteiger partial charge in [-0.05, 0) is 12.1 Å². The zero-order valence-electron chi connectivity index (χ0n) is 9.07. The van der Waals surface area contributed by atoms with Gasteiger partial charge in [0.15, 0.2) is 0 Å². The maximum atomic E-state index is 10.7. The van der Waals surface area contributed by atoms with Crippen molar-refractivity contribution in [3.8, 4) is 11.5 Å². The van der Waals surface area contributed by atoms with E-state index in [4.69, 9.17) is 9.52 Å². The number of aromatic carboxylic acids is 1. The molecule has 0 radical (unpaired) electrons. The third-order valence-corrected chi connectivity index (χ3v) is 2.49. The maximum absolute atomic E-state index is 10.7. The zero-order valence-corrected chi connectivity index (χ0v) is 9.07. The van der Waals surface area contributed by atoms with Gasteiger partial charge in [-0.3, -0.25) is 4.98 Å². The Morgan fingerprint density at radius 2 is 2.00 bits per heavy atom. The molecule has 2 aromatic heterocycles. The van der Waals surface area contributed by atoms with E-state index in [0.717, 1.165) is 10.9 Å². The van der Waals surface area contributed by atoms with E-state index in [0.29, 0.717) is 5.56 Å². The molecule has 0 spiro atoms. The number of hydrogen-bond acceptors (Lipinski definition) is 5. The second-order valence-corrected chi connectivity index (χ2v) is 3.59. The summed E-state index contributed by atoms with van der Waals surface area (Å²) in [6.45, 7) is 0. The molecule has 18 heavy (non-hydrogen) atoms. The van der Waals surface area contributed by atoms with Crippen LogP contribution in [0, 0.1) is 0 Å². The molecule has 6 nitrogen and oxygen atoms in total. The van der Waals surface area contributed by atoms with E-state index >= 15 is 0 Å². The van der Waals surface area contributed by atoms with E-state index in [1.54, 1.807) is 12.3 Å². The van der Waals surface area contributed by atoms with Crippen LogP contribution in [0.2, 0.25) is 0 Å². The Bertz CT molecular complexity index is 731. The highest BCUT2D eigenvalue weighted by Crippen LogP contribution is 2.25. The van der Waals surface area contributed by atoms with Crippen LogP contribution in [0.25, 0.3) is 22.4 Å². The number of fused-ring (bicyclic) bond motifs is 1. The highest BCUT2D eigenvalue weighted by molar-refractivity contribution is 5.92. The summed E-state index contributed by atoms with van der Waals surface area (Å²) < 4.78 is 5.09. The minimum atomic E-state index is -1.24. The molecular weight excluding hydrogens is 234 g/mol. The van der Waals surface area contributed by atoms with Crippen molar-refractivity contribution in [1.29, 1.82) is 0 Å². The smallest absolute Gasteiger partial charge is 0.393 e. The van der Waals surface area contributed by atoms with E-state index in [2.05, 4.69) is 15.2 Å². The second-order valence-electron chi connectivity index (χ2n) is 3.59. The van der Waals surface area contributed by atoms with Crippen molar-refractivity contribution in [2.75, 3.05) is 0 Å². The third kappa shape index (κ3) is 1.60. The lowest BCUT2D eigenvalue weighted by Crippen LogP contribution is -1.95. The lowest BCUT2D eigenvalue weighted by atomic mass is 10.1. The first-order chi connectivity index (χ1) is 8.75. The molecule has 0 aliphatic carbocycles. The lowest BCUT2D eigenvalue weighted by molar-refractivity contribution is 0.0654. The molecule has 3 rings (SSSR count). The largest absolute Gasteiger partial charge is 0.474 e. The van der Waals surface area contributed by atoms with Crippen molar-refractivity contribution in [2.45, 2.75) is 0 Å². The van der Waals surface area contributed by atoms with Gasteiger partial charge in [0.25, 0.3) is 0 Å². The molecule has 0 bridgehead atoms. The topological polar surface area (TPSA) is 89.1 Å². The molecule has 0 fully saturated rings. The molecule has 3 aromatic rings. The fourth-order valence-electron chi connectivity index (χ4n) is 1.70. The quantitative estimate of drug-likeness (QED) is 0.737. The fourth-order valence-corrected chi connectivity index (χ4v) is 1.70. The van der Waals surface area contributed by atoms with Gasteiger partial charge in [0.05, 0.1) is 5.52 Å². The zero-order chi connectivity index (χ0) is 12.5. The molecule has 1 N–H and O–H groups in total. The van der Waals surface area contributed by atoms with Crippen LogP contribution in [0.4, 0.5) is 0 Å². The second kappa shape index (κ2) is 3.92. The van der Waals surface area contributed by atoms with Crippen LogP contribution in [-0.4, -0.2) is 26.3 Å². The van der Waals surface area contributed by atoms with E-state index in [1.807, 2.05) is 24.3 Å². The van der Waals surface area contributed by atoms with Crippen LogP contribution in [0.3, 0.4) is 0 Å². The first-order valence-electron chi connectivity index (χ1n) is 5.16. The Balaban J connectivity index is 2.21. The summed E-state index contributed by atoms with van der Waals surface area (Å²) >= 11 is 0. The Morgan fingerprint density at radius 3 is 2.78 bits per heavy atom. The van der Waals surface area contributed by atoms with Crippen molar-refractivity contribution in [3.05, 3.63) is 42.4 Å². The van der Waals surface area contributed by atoms with Crippen molar-refractivity contribution >= 4 is 16.9 Å². The van der Waals surface area contributed by atoms with Crippen molar-refractivity contribution < 1.29 is 14.3 Å². The van der Waals surface area contributed by atoms with Crippen LogP contribution < -0.4 is 0 Å². The molecule has 2 heterocycles. The fraction of sp³-hybridized carbons (Fsp3) is 0. The molecule has 0 atom stereocenters. The molecule has 0 unspecified atom stereocenters. The number of benzene rings is 1. The van der Waals surface area contributed by atoms with Gasteiger partial charge in [-0.2, -0.15) is 0 Å². The minimum Gasteiger partial charge on any atom is -0.474 e. The first-order valence-corrected chi connectivity index (χ1v) is 5.16. The summed E-state index contributed by atoms with van der Waals surface area (Å²) in [6.07, 6.45) is 1.61. The number of nitrogens with zero attached hydrogens (tertiary/aromatic N) is 3. The van der Waals surface area contributed by atoms with Gasteiger partial charge in [-0.15, -0.1) is 10.2 Å². The molecule has 0 aliphatic rings. The van der Waals surface area contributed by atoms with Crippen molar-refractivity contribution in [1.82, 2.24) is 15.2 Å². The lowest BCUT2D eigenvalue weighted by Gasteiger charge is -2.00. The summed E-state index contributed by atoms with van der Waals surface area (Å²) in [4.78, 5) is 14.9. The molecule has 88 valence electrons. The monoisotopic (exact) mass is 241 g/mol. The highest BCUT2D eigenvalue weighted by Gasteiger charge is 2.15. The Morgan fingerprint density at radius 1 is 1.17 bits per heavy atom. The Kier molecular flexibility index (Phi) is 2.26. The van der Waals surface area contributed by atoms with Gasteiger partial charge in [0, 0.05) is 17.1 Å². The summed E-state index contributed by atoms with van der Waals surface area (Å²) in [7, 11) is 0. The minimum absolute atomic E-state index is 0.172. The number of carboxylic acid groups (broad SMARTS) is 1. The number of aromatic nitrogens is 3. The van der Waals surface area contributed by atoms with Crippen LogP contribution in [0.5, 0.6) is 0 Å². The first kappa shape index (κ1) is 10.4. The predicted molar refractivity (Wildman–Crippen MR) is 62.0 cm³/mol. The number of carboxylic acids is 1. The van der Waals surface area contributed by atoms with Gasteiger partial charge in [-0.1, -0.05) is 18.2 Å². The summed E-state index contributed by atoms with van der Waals surface area (Å²) in [5.74, 6) is -1.50. The molecule has 6 heteroatoms. The normalized spacial score (nSPS) is 10.7. The SMILES string of the molecule is O=C(O)c1nnc(-c2ccnc3ccccc23)o1. The average molecular weight is 241 g/mol. The summed E-state index contributed by atoms with van der Waals surface area (Å²) in [5.41, 5.74) is 1.45. The molecule has 0 saturated heterocycles.